The molecule has 0 unspecified atom stereocenters. The molecule has 0 fully saturated rings. The number of ether oxygens (including phenoxy) is 1. The van der Waals surface area contributed by atoms with Gasteiger partial charge in [-0.3, -0.25) is 0 Å². The molecule has 5 nitrogen and oxygen atoms in total. The molecule has 0 saturated heterocycles. The Bertz CT molecular complexity index is 868. The van der Waals surface area contributed by atoms with Gasteiger partial charge in [0.05, 0.1) is 7.11 Å². The van der Waals surface area contributed by atoms with Crippen molar-refractivity contribution in [2.75, 3.05) is 24.3 Å². The summed E-state index contributed by atoms with van der Waals surface area (Å²) in [4.78, 5) is 8.88. The lowest BCUT2D eigenvalue weighted by Crippen LogP contribution is -2.08. The van der Waals surface area contributed by atoms with Crippen LogP contribution in [0.4, 0.5) is 17.3 Å². The van der Waals surface area contributed by atoms with Crippen LogP contribution in [0, 0.1) is 6.92 Å². The molecule has 0 saturated carbocycles. The first-order valence-corrected chi connectivity index (χ1v) is 8.75. The number of nitrogens with zero attached hydrogens (tertiary/aromatic N) is 2. The Labute approximate surface area is 158 Å². The third-order valence-corrected chi connectivity index (χ3v) is 4.06. The van der Waals surface area contributed by atoms with Crippen LogP contribution in [0.5, 0.6) is 5.75 Å². The number of benzene rings is 2. The Balaban J connectivity index is 1.62. The highest BCUT2D eigenvalue weighted by atomic mass is 35.5. The molecule has 3 rings (SSSR count). The van der Waals surface area contributed by atoms with Gasteiger partial charge in [-0.05, 0) is 55.3 Å². The molecule has 2 aromatic carbocycles. The maximum Gasteiger partial charge on any atom is 0.136 e. The highest BCUT2D eigenvalue weighted by Gasteiger charge is 2.03. The summed E-state index contributed by atoms with van der Waals surface area (Å²) in [6, 6.07) is 17.5. The maximum atomic E-state index is 5.92. The van der Waals surface area contributed by atoms with E-state index in [0.29, 0.717) is 10.8 Å². The van der Waals surface area contributed by atoms with Crippen LogP contribution in [0.2, 0.25) is 5.02 Å². The van der Waals surface area contributed by atoms with Crippen LogP contribution >= 0.6 is 11.6 Å². The molecule has 0 radical (unpaired) electrons. The number of methoxy groups -OCH3 is 1. The van der Waals surface area contributed by atoms with Crippen LogP contribution in [0.3, 0.4) is 0 Å². The van der Waals surface area contributed by atoms with Gasteiger partial charge in [0.2, 0.25) is 0 Å². The molecule has 0 spiro atoms. The fourth-order valence-corrected chi connectivity index (χ4v) is 2.69. The molecule has 0 amide bonds. The monoisotopic (exact) mass is 368 g/mol. The third-order valence-electron chi connectivity index (χ3n) is 3.81. The topological polar surface area (TPSA) is 59.1 Å². The molecule has 1 heterocycles. The summed E-state index contributed by atoms with van der Waals surface area (Å²) in [7, 11) is 1.68. The first-order valence-electron chi connectivity index (χ1n) is 8.37. The van der Waals surface area contributed by atoms with Crippen molar-refractivity contribution < 1.29 is 4.74 Å². The predicted octanol–water partition coefficient (Wildman–Crippen LogP) is 4.85. The number of anilines is 3. The van der Waals surface area contributed by atoms with Crippen molar-refractivity contribution in [2.45, 2.75) is 13.3 Å². The lowest BCUT2D eigenvalue weighted by Gasteiger charge is -2.11. The van der Waals surface area contributed by atoms with E-state index in [-0.39, 0.29) is 0 Å². The Kier molecular flexibility index (Phi) is 5.92. The van der Waals surface area contributed by atoms with E-state index in [4.69, 9.17) is 16.3 Å². The maximum absolute atomic E-state index is 5.92. The van der Waals surface area contributed by atoms with Crippen molar-refractivity contribution in [3.05, 3.63) is 71.0 Å². The molecule has 0 aliphatic rings. The zero-order valence-corrected chi connectivity index (χ0v) is 15.5. The first-order chi connectivity index (χ1) is 12.6. The second-order valence-electron chi connectivity index (χ2n) is 5.85. The molecule has 1 aromatic heterocycles. The van der Waals surface area contributed by atoms with Crippen molar-refractivity contribution in [2.24, 2.45) is 0 Å². The molecule has 0 aliphatic carbocycles. The van der Waals surface area contributed by atoms with Gasteiger partial charge < -0.3 is 15.4 Å². The lowest BCUT2D eigenvalue weighted by molar-refractivity contribution is 0.414. The first kappa shape index (κ1) is 18.0. The summed E-state index contributed by atoms with van der Waals surface area (Å²) in [5, 5.41) is 7.33. The van der Waals surface area contributed by atoms with E-state index in [1.54, 1.807) is 7.11 Å². The van der Waals surface area contributed by atoms with E-state index in [9.17, 15) is 0 Å². The molecule has 6 heteroatoms. The molecular weight excluding hydrogens is 348 g/mol. The van der Waals surface area contributed by atoms with E-state index in [2.05, 4.69) is 26.7 Å². The minimum Gasteiger partial charge on any atom is -0.497 e. The van der Waals surface area contributed by atoms with Crippen molar-refractivity contribution >= 4 is 28.9 Å². The SMILES string of the molecule is COc1cccc(CCNc2cc(Nc3ccc(Cl)cc3)nc(C)n2)c1. The minimum atomic E-state index is 0.702. The summed E-state index contributed by atoms with van der Waals surface area (Å²) < 4.78 is 5.26. The van der Waals surface area contributed by atoms with E-state index in [1.165, 1.54) is 5.56 Å². The van der Waals surface area contributed by atoms with Crippen molar-refractivity contribution in [1.29, 1.82) is 0 Å². The van der Waals surface area contributed by atoms with Gasteiger partial charge in [0.25, 0.3) is 0 Å². The molecule has 134 valence electrons. The van der Waals surface area contributed by atoms with Crippen LogP contribution in [0.1, 0.15) is 11.4 Å². The van der Waals surface area contributed by atoms with E-state index < -0.39 is 0 Å². The molecule has 26 heavy (non-hydrogen) atoms. The van der Waals surface area contributed by atoms with Gasteiger partial charge in [-0.1, -0.05) is 23.7 Å². The van der Waals surface area contributed by atoms with Gasteiger partial charge in [0.1, 0.15) is 23.2 Å². The minimum absolute atomic E-state index is 0.702. The average molecular weight is 369 g/mol. The highest BCUT2D eigenvalue weighted by Crippen LogP contribution is 2.20. The Morgan fingerprint density at radius 2 is 1.77 bits per heavy atom. The molecule has 0 atom stereocenters. The number of nitrogens with one attached hydrogen (secondary N) is 2. The van der Waals surface area contributed by atoms with Gasteiger partial charge in [-0.15, -0.1) is 0 Å². The Morgan fingerprint density at radius 3 is 2.54 bits per heavy atom. The lowest BCUT2D eigenvalue weighted by atomic mass is 10.1. The smallest absolute Gasteiger partial charge is 0.136 e. The fraction of sp³-hybridized carbons (Fsp3) is 0.200. The second-order valence-corrected chi connectivity index (χ2v) is 6.28. The molecule has 3 aromatic rings. The van der Waals surface area contributed by atoms with Gasteiger partial charge in [-0.25, -0.2) is 9.97 Å². The van der Waals surface area contributed by atoms with Crippen LogP contribution in [-0.4, -0.2) is 23.6 Å². The second kappa shape index (κ2) is 8.54. The van der Waals surface area contributed by atoms with Crippen molar-refractivity contribution in [1.82, 2.24) is 9.97 Å². The van der Waals surface area contributed by atoms with Gasteiger partial charge >= 0.3 is 0 Å². The quantitative estimate of drug-likeness (QED) is 0.624. The largest absolute Gasteiger partial charge is 0.497 e. The molecule has 0 aliphatic heterocycles. The van der Waals surface area contributed by atoms with E-state index in [1.807, 2.05) is 55.5 Å². The number of halogens is 1. The zero-order valence-electron chi connectivity index (χ0n) is 14.8. The van der Waals surface area contributed by atoms with Gasteiger partial charge in [-0.2, -0.15) is 0 Å². The van der Waals surface area contributed by atoms with Crippen LogP contribution in [0.25, 0.3) is 0 Å². The van der Waals surface area contributed by atoms with Gasteiger partial charge in [0.15, 0.2) is 0 Å². The highest BCUT2D eigenvalue weighted by molar-refractivity contribution is 6.30. The summed E-state index contributed by atoms with van der Waals surface area (Å²) in [5.41, 5.74) is 2.14. The fourth-order valence-electron chi connectivity index (χ4n) is 2.57. The molecule has 2 N–H and O–H groups in total. The van der Waals surface area contributed by atoms with Gasteiger partial charge in [0, 0.05) is 23.3 Å². The van der Waals surface area contributed by atoms with E-state index in [0.717, 1.165) is 36.0 Å². The summed E-state index contributed by atoms with van der Waals surface area (Å²) in [5.74, 6) is 3.10. The van der Waals surface area contributed by atoms with Crippen molar-refractivity contribution in [3.8, 4) is 5.75 Å². The summed E-state index contributed by atoms with van der Waals surface area (Å²) in [6.07, 6.45) is 0.875. The Hall–Kier alpha value is -2.79. The molecular formula is C20H21ClN4O. The van der Waals surface area contributed by atoms with Crippen molar-refractivity contribution in [3.63, 3.8) is 0 Å². The Morgan fingerprint density at radius 1 is 1.00 bits per heavy atom. The third kappa shape index (κ3) is 5.10. The number of rotatable bonds is 7. The number of aromatic nitrogens is 2. The van der Waals surface area contributed by atoms with Crippen LogP contribution in [-0.2, 0) is 6.42 Å². The average Bonchev–Trinajstić information content (AvgIpc) is 2.63. The normalized spacial score (nSPS) is 10.4. The van der Waals surface area contributed by atoms with Crippen LogP contribution in [0.15, 0.2) is 54.6 Å². The molecule has 0 bridgehead atoms. The van der Waals surface area contributed by atoms with Crippen LogP contribution < -0.4 is 15.4 Å². The number of aryl methyl sites for hydroxylation is 1. The number of hydrogen-bond donors (Lipinski definition) is 2. The predicted molar refractivity (Wildman–Crippen MR) is 107 cm³/mol. The summed E-state index contributed by atoms with van der Waals surface area (Å²) in [6.45, 7) is 2.64. The number of hydrogen-bond acceptors (Lipinski definition) is 5. The van der Waals surface area contributed by atoms with E-state index >= 15 is 0 Å². The summed E-state index contributed by atoms with van der Waals surface area (Å²) >= 11 is 5.92. The standard InChI is InChI=1S/C20H21ClN4O/c1-14-23-19(22-11-10-15-4-3-5-18(12-15)26-2)13-20(24-14)25-17-8-6-16(21)7-9-17/h3-9,12-13H,10-11H2,1-2H3,(H2,22,23,24,25). The zero-order chi connectivity index (χ0) is 18.4.